The molecule has 0 aliphatic carbocycles. The van der Waals surface area contributed by atoms with E-state index in [1.165, 1.54) is 0 Å². The summed E-state index contributed by atoms with van der Waals surface area (Å²) in [5.41, 5.74) is -5.42. The summed E-state index contributed by atoms with van der Waals surface area (Å²) in [6.07, 6.45) is -2.78. The molecule has 43 heavy (non-hydrogen) atoms. The fourth-order valence-corrected chi connectivity index (χ4v) is 7.41. The zero-order valence-corrected chi connectivity index (χ0v) is 22.8. The largest absolute Gasteiger partial charge is 0.508 e. The van der Waals surface area contributed by atoms with Gasteiger partial charge in [0.25, 0.3) is 0 Å². The molecule has 4 saturated heterocycles. The minimum Gasteiger partial charge on any atom is -0.508 e. The summed E-state index contributed by atoms with van der Waals surface area (Å²) >= 11 is 0. The number of hydrogen-bond acceptors (Lipinski definition) is 7. The first-order valence-electron chi connectivity index (χ1n) is 14.2. The van der Waals surface area contributed by atoms with Crippen LogP contribution in [0.5, 0.6) is 11.8 Å². The predicted molar refractivity (Wildman–Crippen MR) is 142 cm³/mol. The Labute approximate surface area is 241 Å². The van der Waals surface area contributed by atoms with Gasteiger partial charge in [0.1, 0.15) is 41.5 Å². The van der Waals surface area contributed by atoms with Crippen molar-refractivity contribution in [3.8, 4) is 22.9 Å². The lowest BCUT2D eigenvalue weighted by Crippen LogP contribution is -2.51. The molecule has 7 nitrogen and oxygen atoms in total. The van der Waals surface area contributed by atoms with E-state index in [0.29, 0.717) is 32.1 Å². The monoisotopic (exact) mass is 611 g/mol. The second-order valence-electron chi connectivity index (χ2n) is 12.0. The number of hydrogen-bond donors (Lipinski definition) is 2. The number of piperazine rings is 1. The number of anilines is 1. The van der Waals surface area contributed by atoms with E-state index in [-0.39, 0.29) is 54.9 Å². The fraction of sp³-hybridized carbons (Fsp3) is 0.517. The number of aromatic nitrogens is 2. The SMILES string of the molecule is Oc1cc(F)c(C(F)(F)F)c(-c2c(F)cc3c(N4CC5CCC(C4)N5)nc(OC[C@@]45CCCN4C[C@H](F)C5)nc3c2F)c1. The average molecular weight is 612 g/mol. The molecule has 2 bridgehead atoms. The van der Waals surface area contributed by atoms with Crippen molar-refractivity contribution in [2.45, 2.75) is 62.1 Å². The lowest BCUT2D eigenvalue weighted by molar-refractivity contribution is -0.139. The summed E-state index contributed by atoms with van der Waals surface area (Å²) < 4.78 is 108. The predicted octanol–water partition coefficient (Wildman–Crippen LogP) is 5.33. The van der Waals surface area contributed by atoms with Gasteiger partial charge in [-0.2, -0.15) is 23.1 Å². The molecule has 14 heteroatoms. The van der Waals surface area contributed by atoms with E-state index in [2.05, 4.69) is 15.3 Å². The highest BCUT2D eigenvalue weighted by Gasteiger charge is 2.49. The molecular formula is C29H28F7N5O2. The van der Waals surface area contributed by atoms with Crippen LogP contribution in [0.2, 0.25) is 0 Å². The Kier molecular flexibility index (Phi) is 6.65. The summed E-state index contributed by atoms with van der Waals surface area (Å²) in [7, 11) is 0. The number of halogens is 7. The highest BCUT2D eigenvalue weighted by Crippen LogP contribution is 2.45. The number of phenolic OH excluding ortho intramolecular Hbond substituents is 1. The summed E-state index contributed by atoms with van der Waals surface area (Å²) in [5, 5.41) is 13.2. The van der Waals surface area contributed by atoms with Crippen LogP contribution in [0.3, 0.4) is 0 Å². The molecule has 4 fully saturated rings. The van der Waals surface area contributed by atoms with E-state index in [9.17, 15) is 27.1 Å². The van der Waals surface area contributed by atoms with Gasteiger partial charge in [-0.15, -0.1) is 0 Å². The van der Waals surface area contributed by atoms with Crippen molar-refractivity contribution in [1.29, 1.82) is 0 Å². The molecule has 1 aromatic heterocycles. The first-order chi connectivity index (χ1) is 20.4. The van der Waals surface area contributed by atoms with E-state index in [1.807, 2.05) is 9.80 Å². The zero-order chi connectivity index (χ0) is 30.3. The normalized spacial score (nSPS) is 27.3. The first-order valence-corrected chi connectivity index (χ1v) is 14.2. The van der Waals surface area contributed by atoms with Crippen LogP contribution >= 0.6 is 0 Å². The minimum atomic E-state index is -5.33. The fourth-order valence-electron chi connectivity index (χ4n) is 7.41. The van der Waals surface area contributed by atoms with Gasteiger partial charge in [0, 0.05) is 55.2 Å². The minimum absolute atomic E-state index is 0.0107. The third kappa shape index (κ3) is 4.82. The van der Waals surface area contributed by atoms with Crippen LogP contribution in [0.15, 0.2) is 18.2 Å². The molecule has 0 radical (unpaired) electrons. The van der Waals surface area contributed by atoms with Crippen molar-refractivity contribution in [3.05, 3.63) is 41.2 Å². The van der Waals surface area contributed by atoms with Gasteiger partial charge < -0.3 is 20.1 Å². The number of fused-ring (bicyclic) bond motifs is 4. The van der Waals surface area contributed by atoms with Crippen LogP contribution < -0.4 is 15.0 Å². The Bertz CT molecular complexity index is 1590. The maximum absolute atomic E-state index is 16.3. The van der Waals surface area contributed by atoms with Gasteiger partial charge in [-0.1, -0.05) is 0 Å². The van der Waals surface area contributed by atoms with Crippen molar-refractivity contribution >= 4 is 16.7 Å². The molecule has 4 aliphatic rings. The topological polar surface area (TPSA) is 73.8 Å². The van der Waals surface area contributed by atoms with Crippen LogP contribution in [-0.4, -0.2) is 76.6 Å². The number of nitrogens with zero attached hydrogens (tertiary/aromatic N) is 4. The number of aromatic hydroxyl groups is 1. The van der Waals surface area contributed by atoms with Crippen molar-refractivity contribution in [2.24, 2.45) is 0 Å². The third-order valence-corrected chi connectivity index (χ3v) is 9.22. The van der Waals surface area contributed by atoms with Crippen molar-refractivity contribution in [3.63, 3.8) is 0 Å². The van der Waals surface area contributed by atoms with Crippen molar-refractivity contribution in [1.82, 2.24) is 20.2 Å². The molecule has 2 unspecified atom stereocenters. The zero-order valence-electron chi connectivity index (χ0n) is 22.8. The Morgan fingerprint density at radius 3 is 2.49 bits per heavy atom. The molecular weight excluding hydrogens is 583 g/mol. The average Bonchev–Trinajstić information content (AvgIpc) is 3.56. The molecule has 0 saturated carbocycles. The van der Waals surface area contributed by atoms with Gasteiger partial charge in [0.2, 0.25) is 0 Å². The van der Waals surface area contributed by atoms with E-state index < -0.39 is 63.3 Å². The van der Waals surface area contributed by atoms with Crippen LogP contribution in [0.1, 0.15) is 37.7 Å². The lowest BCUT2D eigenvalue weighted by atomic mass is 9.95. The number of nitrogens with one attached hydrogen (secondary N) is 1. The molecule has 0 amide bonds. The number of rotatable bonds is 5. The third-order valence-electron chi connectivity index (χ3n) is 9.22. The van der Waals surface area contributed by atoms with E-state index in [1.54, 1.807) is 0 Å². The Balaban J connectivity index is 1.38. The second-order valence-corrected chi connectivity index (χ2v) is 12.0. The summed E-state index contributed by atoms with van der Waals surface area (Å²) in [5.74, 6) is -5.56. The van der Waals surface area contributed by atoms with Crippen molar-refractivity contribution < 1.29 is 40.6 Å². The number of ether oxygens (including phenoxy) is 1. The molecule has 2 aromatic carbocycles. The molecule has 7 rings (SSSR count). The number of alkyl halides is 4. The smallest absolute Gasteiger partial charge is 0.419 e. The Hall–Kier alpha value is -3.39. The molecule has 5 heterocycles. The molecule has 230 valence electrons. The highest BCUT2D eigenvalue weighted by atomic mass is 19.4. The molecule has 3 aromatic rings. The molecule has 4 aliphatic heterocycles. The van der Waals surface area contributed by atoms with Gasteiger partial charge in [-0.25, -0.2) is 17.6 Å². The Morgan fingerprint density at radius 1 is 1.02 bits per heavy atom. The molecule has 4 atom stereocenters. The van der Waals surface area contributed by atoms with Gasteiger partial charge in [-0.05, 0) is 44.4 Å². The lowest BCUT2D eigenvalue weighted by Gasteiger charge is -2.34. The van der Waals surface area contributed by atoms with Gasteiger partial charge in [-0.3, -0.25) is 4.90 Å². The number of benzene rings is 2. The summed E-state index contributed by atoms with van der Waals surface area (Å²) in [4.78, 5) is 12.5. The van der Waals surface area contributed by atoms with Crippen molar-refractivity contribution in [2.75, 3.05) is 37.7 Å². The molecule has 2 N–H and O–H groups in total. The van der Waals surface area contributed by atoms with Crippen LogP contribution in [0.4, 0.5) is 36.6 Å². The highest BCUT2D eigenvalue weighted by molar-refractivity contribution is 5.94. The van der Waals surface area contributed by atoms with Gasteiger partial charge >= 0.3 is 12.2 Å². The van der Waals surface area contributed by atoms with Gasteiger partial charge in [0.15, 0.2) is 5.82 Å². The first kappa shape index (κ1) is 28.4. The van der Waals surface area contributed by atoms with Gasteiger partial charge in [0.05, 0.1) is 16.7 Å². The number of phenols is 1. The standard InChI is InChI=1S/C29H28F7N5O2/c30-14-9-28(4-1-5-41(28)10-14)13-43-27-38-25-19(26(39-27)40-11-15-2-3-16(12-40)37-15)8-20(31)22(24(25)33)18-6-17(42)7-21(32)23(18)29(34,35)36/h6-8,14-16,37,42H,1-5,9-13H2/t14-,15?,16?,28+/m1/s1. The second kappa shape index (κ2) is 10.1. The maximum atomic E-state index is 16.3. The van der Waals surface area contributed by atoms with Crippen LogP contribution in [0, 0.1) is 17.5 Å². The quantitative estimate of drug-likeness (QED) is 0.378. The van der Waals surface area contributed by atoms with E-state index in [0.717, 1.165) is 25.3 Å². The van der Waals surface area contributed by atoms with E-state index in [4.69, 9.17) is 4.74 Å². The summed E-state index contributed by atoms with van der Waals surface area (Å²) in [6.45, 7) is 1.91. The summed E-state index contributed by atoms with van der Waals surface area (Å²) in [6, 6.07) is 1.46. The Morgan fingerprint density at radius 2 is 1.77 bits per heavy atom. The molecule has 0 spiro atoms. The van der Waals surface area contributed by atoms with E-state index >= 15 is 8.78 Å². The van der Waals surface area contributed by atoms with Crippen LogP contribution in [-0.2, 0) is 6.18 Å². The van der Waals surface area contributed by atoms with Crippen LogP contribution in [0.25, 0.3) is 22.0 Å². The maximum Gasteiger partial charge on any atom is 0.419 e.